The number of anilines is 3. The monoisotopic (exact) mass is 481 g/mol. The van der Waals surface area contributed by atoms with Crippen LogP contribution >= 0.6 is 22.9 Å². The Bertz CT molecular complexity index is 1180. The lowest BCUT2D eigenvalue weighted by molar-refractivity contribution is -0.754. The molecule has 1 fully saturated rings. The second-order valence-corrected chi connectivity index (χ2v) is 8.28. The summed E-state index contributed by atoms with van der Waals surface area (Å²) in [4.78, 5) is 28.3. The zero-order valence-corrected chi connectivity index (χ0v) is 18.4. The summed E-state index contributed by atoms with van der Waals surface area (Å²) in [7, 11) is 0. The van der Waals surface area contributed by atoms with E-state index in [9.17, 15) is 14.0 Å². The largest absolute Gasteiger partial charge is 0.410 e. The van der Waals surface area contributed by atoms with Crippen LogP contribution in [0.2, 0.25) is 5.02 Å². The van der Waals surface area contributed by atoms with Crippen LogP contribution in [-0.2, 0) is 4.74 Å². The summed E-state index contributed by atoms with van der Waals surface area (Å²) in [5, 5.41) is 15.4. The first kappa shape index (κ1) is 21.9. The van der Waals surface area contributed by atoms with Crippen LogP contribution in [0.5, 0.6) is 0 Å². The number of carbonyl (C=O) groups excluding carboxylic acids is 2. The molecule has 1 aromatic carbocycles. The van der Waals surface area contributed by atoms with E-state index in [0.717, 1.165) is 22.3 Å². The van der Waals surface area contributed by atoms with Crippen molar-refractivity contribution in [1.82, 2.24) is 15.4 Å². The van der Waals surface area contributed by atoms with Gasteiger partial charge in [-0.25, -0.2) is 10.2 Å². The van der Waals surface area contributed by atoms with Crippen molar-refractivity contribution in [1.29, 1.82) is 0 Å². The van der Waals surface area contributed by atoms with E-state index in [1.807, 2.05) is 4.90 Å². The first-order valence-electron chi connectivity index (χ1n) is 9.46. The maximum absolute atomic E-state index is 14.2. The van der Waals surface area contributed by atoms with Crippen molar-refractivity contribution in [2.75, 3.05) is 47.7 Å². The molecule has 168 valence electrons. The van der Waals surface area contributed by atoms with Gasteiger partial charge in [0.15, 0.2) is 0 Å². The van der Waals surface area contributed by atoms with E-state index in [2.05, 4.69) is 26.0 Å². The molecule has 2 aromatic heterocycles. The Morgan fingerprint density at radius 3 is 2.72 bits per heavy atom. The Hall–Kier alpha value is -3.29. The van der Waals surface area contributed by atoms with Gasteiger partial charge >= 0.3 is 5.95 Å². The standard InChI is InChI=1S/C18H18ClFN8O3S/c1-9-13(19)14(16(30)23-18-24-26-28(21)25-18)32-17(9)22-15(29)10-6-11(20)8-12(7-10)27-2-4-31-5-3-27/h6-8H,2-5,21H2,1H3,(H2,22,23,25,29,30)/p+1. The highest BCUT2D eigenvalue weighted by Crippen LogP contribution is 2.37. The molecule has 0 radical (unpaired) electrons. The van der Waals surface area contributed by atoms with E-state index in [0.29, 0.717) is 42.6 Å². The second kappa shape index (κ2) is 9.06. The van der Waals surface area contributed by atoms with Crippen molar-refractivity contribution in [3.63, 3.8) is 0 Å². The number of nitrogens with two attached hydrogens (primary N) is 1. The highest BCUT2D eigenvalue weighted by molar-refractivity contribution is 7.19. The van der Waals surface area contributed by atoms with Gasteiger partial charge in [0.25, 0.3) is 11.8 Å². The SMILES string of the molecule is Cc1c(NC(=O)c2cc(F)cc(N3CCOCC3)c2)sc(C(=O)Nc2n[nH][n+](N)n2)c1Cl. The van der Waals surface area contributed by atoms with Crippen LogP contribution in [0, 0.1) is 12.7 Å². The van der Waals surface area contributed by atoms with Gasteiger partial charge < -0.3 is 15.0 Å². The summed E-state index contributed by atoms with van der Waals surface area (Å²) in [6, 6.07) is 4.15. The minimum atomic E-state index is -0.566. The first-order chi connectivity index (χ1) is 15.3. The van der Waals surface area contributed by atoms with E-state index >= 15 is 0 Å². The molecule has 3 aromatic rings. The number of benzene rings is 1. The Kier molecular flexibility index (Phi) is 6.21. The predicted molar refractivity (Wildman–Crippen MR) is 116 cm³/mol. The fraction of sp³-hybridized carbons (Fsp3) is 0.278. The molecule has 0 bridgehead atoms. The third kappa shape index (κ3) is 4.64. The molecule has 0 unspecified atom stereocenters. The molecule has 0 atom stereocenters. The van der Waals surface area contributed by atoms with Gasteiger partial charge in [-0.1, -0.05) is 11.6 Å². The Labute approximate surface area is 190 Å². The third-order valence-electron chi connectivity index (χ3n) is 4.71. The van der Waals surface area contributed by atoms with Crippen molar-refractivity contribution < 1.29 is 23.6 Å². The van der Waals surface area contributed by atoms with E-state index in [1.54, 1.807) is 13.0 Å². The number of rotatable bonds is 5. The molecule has 0 spiro atoms. The van der Waals surface area contributed by atoms with Crippen LogP contribution in [0.4, 0.5) is 21.0 Å². The fourth-order valence-electron chi connectivity index (χ4n) is 3.10. The van der Waals surface area contributed by atoms with Gasteiger partial charge in [-0.3, -0.25) is 14.9 Å². The molecule has 4 rings (SSSR count). The number of hydrogen-bond acceptors (Lipinski definition) is 8. The predicted octanol–water partition coefficient (Wildman–Crippen LogP) is 1.31. The van der Waals surface area contributed by atoms with Crippen molar-refractivity contribution in [3.05, 3.63) is 45.0 Å². The average Bonchev–Trinajstić information content (AvgIpc) is 3.31. The van der Waals surface area contributed by atoms with Crippen molar-refractivity contribution in [2.45, 2.75) is 6.92 Å². The van der Waals surface area contributed by atoms with Crippen molar-refractivity contribution in [2.24, 2.45) is 0 Å². The third-order valence-corrected chi connectivity index (χ3v) is 6.50. The van der Waals surface area contributed by atoms with Gasteiger partial charge in [-0.05, 0) is 30.3 Å². The maximum atomic E-state index is 14.2. The number of hydrogen-bond donors (Lipinski definition) is 4. The van der Waals surface area contributed by atoms with Gasteiger partial charge in [0.1, 0.15) is 15.7 Å². The van der Waals surface area contributed by atoms with E-state index < -0.39 is 17.6 Å². The Morgan fingerprint density at radius 2 is 2.03 bits per heavy atom. The number of amides is 2. The minimum absolute atomic E-state index is 0.0411. The van der Waals surface area contributed by atoms with Crippen molar-refractivity contribution >= 4 is 51.4 Å². The summed E-state index contributed by atoms with van der Waals surface area (Å²) in [5.41, 5.74) is 1.25. The molecule has 3 heterocycles. The summed E-state index contributed by atoms with van der Waals surface area (Å²) in [5.74, 6) is 3.70. The molecule has 32 heavy (non-hydrogen) atoms. The topological polar surface area (TPSA) is 142 Å². The Morgan fingerprint density at radius 1 is 1.28 bits per heavy atom. The molecule has 0 saturated carbocycles. The molecule has 1 aliphatic rings. The summed E-state index contributed by atoms with van der Waals surface area (Å²) in [6.45, 7) is 3.95. The number of morpholine rings is 1. The normalized spacial score (nSPS) is 13.8. The lowest BCUT2D eigenvalue weighted by Crippen LogP contribution is -2.49. The number of H-pyrrole nitrogens is 1. The number of ether oxygens (including phenoxy) is 1. The first-order valence-corrected chi connectivity index (χ1v) is 10.7. The second-order valence-electron chi connectivity index (χ2n) is 6.89. The van der Waals surface area contributed by atoms with E-state index in [1.165, 1.54) is 6.07 Å². The number of thiophene rings is 1. The van der Waals surface area contributed by atoms with Crippen molar-refractivity contribution in [3.8, 4) is 0 Å². The molecule has 0 aliphatic carbocycles. The van der Waals surface area contributed by atoms with Crippen LogP contribution in [0.15, 0.2) is 18.2 Å². The van der Waals surface area contributed by atoms with E-state index in [4.69, 9.17) is 22.2 Å². The van der Waals surface area contributed by atoms with E-state index in [-0.39, 0.29) is 21.4 Å². The molecular formula is C18H19ClFN8O3S+. The molecule has 2 amide bonds. The highest BCUT2D eigenvalue weighted by Gasteiger charge is 2.24. The van der Waals surface area contributed by atoms with Gasteiger partial charge in [-0.2, -0.15) is 0 Å². The summed E-state index contributed by atoms with van der Waals surface area (Å²) >= 11 is 7.28. The number of nitrogens with one attached hydrogen (secondary N) is 3. The molecule has 11 nitrogen and oxygen atoms in total. The highest BCUT2D eigenvalue weighted by atomic mass is 35.5. The molecular weight excluding hydrogens is 463 g/mol. The van der Waals surface area contributed by atoms with Gasteiger partial charge in [0.2, 0.25) is 0 Å². The van der Waals surface area contributed by atoms with Gasteiger partial charge in [0, 0.05) is 39.9 Å². The number of carbonyl (C=O) groups is 2. The molecule has 5 N–H and O–H groups in total. The number of nitrogens with zero attached hydrogens (tertiary/aromatic N) is 4. The van der Waals surface area contributed by atoms with Crippen LogP contribution in [-0.4, -0.2) is 53.5 Å². The maximum Gasteiger partial charge on any atom is 0.410 e. The number of tetrazole rings is 1. The molecule has 14 heteroatoms. The lowest BCUT2D eigenvalue weighted by Gasteiger charge is -2.29. The smallest absolute Gasteiger partial charge is 0.378 e. The van der Waals surface area contributed by atoms with Gasteiger partial charge in [-0.15, -0.1) is 11.3 Å². The average molecular weight is 482 g/mol. The minimum Gasteiger partial charge on any atom is -0.378 e. The number of halogens is 2. The zero-order valence-electron chi connectivity index (χ0n) is 16.8. The summed E-state index contributed by atoms with van der Waals surface area (Å²) < 4.78 is 19.5. The molecule has 1 saturated heterocycles. The van der Waals surface area contributed by atoms with Crippen LogP contribution in [0.1, 0.15) is 25.6 Å². The fourth-order valence-corrected chi connectivity index (χ4v) is 4.44. The molecule has 1 aliphatic heterocycles. The van der Waals surface area contributed by atoms with Crippen LogP contribution < -0.4 is 26.3 Å². The van der Waals surface area contributed by atoms with Crippen LogP contribution in [0.3, 0.4) is 0 Å². The quantitative estimate of drug-likeness (QED) is 0.318. The zero-order chi connectivity index (χ0) is 22.8. The number of aromatic amines is 1. The number of nitrogen functional groups attached to an aromatic ring is 1. The van der Waals surface area contributed by atoms with Crippen LogP contribution in [0.25, 0.3) is 0 Å². The Balaban J connectivity index is 1.53. The summed E-state index contributed by atoms with van der Waals surface area (Å²) in [6.07, 6.45) is 0. The van der Waals surface area contributed by atoms with Gasteiger partial charge in [0.05, 0.1) is 23.3 Å². The number of aromatic nitrogens is 4. The lowest BCUT2D eigenvalue weighted by atomic mass is 10.1.